The van der Waals surface area contributed by atoms with Crippen LogP contribution in [0.3, 0.4) is 0 Å². The van der Waals surface area contributed by atoms with Crippen molar-refractivity contribution in [1.82, 2.24) is 25.2 Å². The summed E-state index contributed by atoms with van der Waals surface area (Å²) in [7, 11) is -3.28. The molecule has 3 N–H and O–H groups in total. The van der Waals surface area contributed by atoms with Gasteiger partial charge in [0.15, 0.2) is 0 Å². The minimum absolute atomic E-state index is 0.275. The molecule has 0 aliphatic heterocycles. The van der Waals surface area contributed by atoms with E-state index in [1.807, 2.05) is 13.8 Å². The first-order valence-corrected chi connectivity index (χ1v) is 7.52. The number of nitrogens with one attached hydrogen (secondary N) is 3. The van der Waals surface area contributed by atoms with Crippen molar-refractivity contribution in [2.24, 2.45) is 0 Å². The van der Waals surface area contributed by atoms with Crippen molar-refractivity contribution in [2.45, 2.75) is 38.5 Å². The van der Waals surface area contributed by atoms with Crippen molar-refractivity contribution in [3.05, 3.63) is 12.2 Å². The third-order valence-electron chi connectivity index (χ3n) is 2.47. The van der Waals surface area contributed by atoms with Crippen LogP contribution in [0.2, 0.25) is 0 Å². The Kier molecular flexibility index (Phi) is 5.70. The molecule has 1 aromatic heterocycles. The van der Waals surface area contributed by atoms with Gasteiger partial charge in [0, 0.05) is 25.6 Å². The van der Waals surface area contributed by atoms with E-state index in [2.05, 4.69) is 25.2 Å². The van der Waals surface area contributed by atoms with Gasteiger partial charge in [0.25, 0.3) is 0 Å². The largest absolute Gasteiger partial charge is 0.313 e. The van der Waals surface area contributed by atoms with Gasteiger partial charge in [-0.05, 0) is 6.92 Å². The fourth-order valence-electron chi connectivity index (χ4n) is 1.32. The van der Waals surface area contributed by atoms with E-state index in [9.17, 15) is 8.42 Å². The summed E-state index contributed by atoms with van der Waals surface area (Å²) in [5.74, 6) is 0.672. The second-order valence-electron chi connectivity index (χ2n) is 4.50. The van der Waals surface area contributed by atoms with Gasteiger partial charge in [-0.1, -0.05) is 13.8 Å². The van der Waals surface area contributed by atoms with Gasteiger partial charge in [-0.2, -0.15) is 5.10 Å². The molecule has 0 spiro atoms. The lowest BCUT2D eigenvalue weighted by molar-refractivity contribution is 0.540. The number of rotatable bonds is 8. The van der Waals surface area contributed by atoms with E-state index in [-0.39, 0.29) is 6.04 Å². The lowest BCUT2D eigenvalue weighted by atomic mass is 10.3. The van der Waals surface area contributed by atoms with E-state index < -0.39 is 15.3 Å². The standard InChI is InChI=1S/C10H21N5O2S/c1-8(2)11-6-9(3)18(16,17)14-5-4-10-12-7-13-15-10/h7-9,11,14H,4-6H2,1-3H3,(H,12,13,15). The van der Waals surface area contributed by atoms with Crippen LogP contribution in [0.25, 0.3) is 0 Å². The van der Waals surface area contributed by atoms with Crippen molar-refractivity contribution in [3.8, 4) is 0 Å². The summed E-state index contributed by atoms with van der Waals surface area (Å²) in [5, 5.41) is 9.03. The molecule has 1 rings (SSSR count). The molecule has 0 saturated carbocycles. The molecule has 0 radical (unpaired) electrons. The summed E-state index contributed by atoms with van der Waals surface area (Å²) < 4.78 is 26.3. The van der Waals surface area contributed by atoms with E-state index in [1.165, 1.54) is 6.33 Å². The molecule has 1 heterocycles. The Balaban J connectivity index is 2.34. The summed E-state index contributed by atoms with van der Waals surface area (Å²) in [6, 6.07) is 0.275. The Bertz CT molecular complexity index is 429. The lowest BCUT2D eigenvalue weighted by Gasteiger charge is -2.16. The predicted octanol–water partition coefficient (Wildman–Crippen LogP) is -0.347. The first-order valence-electron chi connectivity index (χ1n) is 5.98. The molecule has 7 nitrogen and oxygen atoms in total. The summed E-state index contributed by atoms with van der Waals surface area (Å²) >= 11 is 0. The minimum atomic E-state index is -3.28. The van der Waals surface area contributed by atoms with Crippen molar-refractivity contribution in [2.75, 3.05) is 13.1 Å². The average Bonchev–Trinajstić information content (AvgIpc) is 2.78. The molecule has 1 atom stereocenters. The van der Waals surface area contributed by atoms with Crippen molar-refractivity contribution < 1.29 is 8.42 Å². The molecule has 8 heteroatoms. The molecule has 0 aliphatic rings. The number of hydrogen-bond acceptors (Lipinski definition) is 5. The molecule has 0 aliphatic carbocycles. The SMILES string of the molecule is CC(C)NCC(C)S(=O)(=O)NCCc1ncn[nH]1. The highest BCUT2D eigenvalue weighted by Crippen LogP contribution is 1.98. The predicted molar refractivity (Wildman–Crippen MR) is 69.6 cm³/mol. The fraction of sp³-hybridized carbons (Fsp3) is 0.800. The third-order valence-corrected chi connectivity index (χ3v) is 4.31. The Hall–Kier alpha value is -0.990. The highest BCUT2D eigenvalue weighted by molar-refractivity contribution is 7.90. The summed E-state index contributed by atoms with van der Waals surface area (Å²) in [5.41, 5.74) is 0. The first-order chi connectivity index (χ1) is 8.42. The molecule has 1 aromatic rings. The molecule has 0 bridgehead atoms. The van der Waals surface area contributed by atoms with Crippen LogP contribution in [-0.2, 0) is 16.4 Å². The fourth-order valence-corrected chi connectivity index (χ4v) is 2.30. The Morgan fingerprint density at radius 3 is 2.67 bits per heavy atom. The van der Waals surface area contributed by atoms with Crippen LogP contribution in [0.1, 0.15) is 26.6 Å². The maximum absolute atomic E-state index is 11.9. The zero-order valence-electron chi connectivity index (χ0n) is 11.0. The van der Waals surface area contributed by atoms with Gasteiger partial charge in [0.2, 0.25) is 10.0 Å². The monoisotopic (exact) mass is 275 g/mol. The van der Waals surface area contributed by atoms with Crippen LogP contribution >= 0.6 is 0 Å². The van der Waals surface area contributed by atoms with Gasteiger partial charge in [0.05, 0.1) is 5.25 Å². The van der Waals surface area contributed by atoms with Gasteiger partial charge < -0.3 is 5.32 Å². The van der Waals surface area contributed by atoms with Gasteiger partial charge >= 0.3 is 0 Å². The summed E-state index contributed by atoms with van der Waals surface area (Å²) in [4.78, 5) is 3.93. The van der Waals surface area contributed by atoms with Crippen molar-refractivity contribution in [1.29, 1.82) is 0 Å². The zero-order chi connectivity index (χ0) is 13.6. The van der Waals surface area contributed by atoms with Gasteiger partial charge in [-0.3, -0.25) is 5.10 Å². The molecular weight excluding hydrogens is 254 g/mol. The number of aromatic nitrogens is 3. The van der Waals surface area contributed by atoms with Crippen LogP contribution in [0.15, 0.2) is 6.33 Å². The maximum atomic E-state index is 11.9. The highest BCUT2D eigenvalue weighted by atomic mass is 32.2. The Labute approximate surface area is 108 Å². The molecule has 18 heavy (non-hydrogen) atoms. The molecule has 0 aromatic carbocycles. The average molecular weight is 275 g/mol. The van der Waals surface area contributed by atoms with Crippen LogP contribution in [-0.4, -0.2) is 48.0 Å². The van der Waals surface area contributed by atoms with Gasteiger partial charge in [-0.25, -0.2) is 18.1 Å². The summed E-state index contributed by atoms with van der Waals surface area (Å²) in [6.07, 6.45) is 1.91. The molecule has 0 fully saturated rings. The van der Waals surface area contributed by atoms with Gasteiger partial charge in [-0.15, -0.1) is 0 Å². The molecular formula is C10H21N5O2S. The Morgan fingerprint density at radius 2 is 2.11 bits per heavy atom. The zero-order valence-corrected chi connectivity index (χ0v) is 11.8. The first kappa shape index (κ1) is 15.1. The number of H-pyrrole nitrogens is 1. The number of sulfonamides is 1. The van der Waals surface area contributed by atoms with Crippen molar-refractivity contribution >= 4 is 10.0 Å². The normalized spacial score (nSPS) is 14.0. The maximum Gasteiger partial charge on any atom is 0.215 e. The van der Waals surface area contributed by atoms with Crippen LogP contribution < -0.4 is 10.0 Å². The molecule has 1 unspecified atom stereocenters. The van der Waals surface area contributed by atoms with E-state index in [4.69, 9.17) is 0 Å². The molecule has 0 saturated heterocycles. The van der Waals surface area contributed by atoms with E-state index in [0.29, 0.717) is 25.3 Å². The number of aromatic amines is 1. The second-order valence-corrected chi connectivity index (χ2v) is 6.68. The Morgan fingerprint density at radius 1 is 1.39 bits per heavy atom. The topological polar surface area (TPSA) is 99.8 Å². The van der Waals surface area contributed by atoms with Gasteiger partial charge in [0.1, 0.15) is 12.2 Å². The van der Waals surface area contributed by atoms with E-state index >= 15 is 0 Å². The molecule has 0 amide bonds. The number of hydrogen-bond donors (Lipinski definition) is 3. The van der Waals surface area contributed by atoms with E-state index in [1.54, 1.807) is 6.92 Å². The second kappa shape index (κ2) is 6.81. The van der Waals surface area contributed by atoms with Crippen LogP contribution in [0.5, 0.6) is 0 Å². The minimum Gasteiger partial charge on any atom is -0.313 e. The third kappa shape index (κ3) is 5.11. The smallest absolute Gasteiger partial charge is 0.215 e. The highest BCUT2D eigenvalue weighted by Gasteiger charge is 2.19. The van der Waals surface area contributed by atoms with E-state index in [0.717, 1.165) is 0 Å². The summed E-state index contributed by atoms with van der Waals surface area (Å²) in [6.45, 7) is 6.42. The van der Waals surface area contributed by atoms with Crippen LogP contribution in [0.4, 0.5) is 0 Å². The lowest BCUT2D eigenvalue weighted by Crippen LogP contribution is -2.41. The van der Waals surface area contributed by atoms with Crippen LogP contribution in [0, 0.1) is 0 Å². The van der Waals surface area contributed by atoms with Crippen molar-refractivity contribution in [3.63, 3.8) is 0 Å². The quantitative estimate of drug-likeness (QED) is 0.602. The molecule has 104 valence electrons. The number of nitrogens with zero attached hydrogens (tertiary/aromatic N) is 2.